The minimum atomic E-state index is -0.196. The maximum absolute atomic E-state index is 11.8. The van der Waals surface area contributed by atoms with Crippen LogP contribution in [0.2, 0.25) is 10.0 Å². The second kappa shape index (κ2) is 5.42. The molecule has 2 rings (SSSR count). The number of aromatic nitrogens is 2. The molecule has 0 amide bonds. The number of anilines is 1. The normalized spacial score (nSPS) is 10.4. The van der Waals surface area contributed by atoms with E-state index in [0.29, 0.717) is 22.3 Å². The fourth-order valence-electron chi connectivity index (χ4n) is 1.52. The molecule has 0 atom stereocenters. The Kier molecular flexibility index (Phi) is 3.89. The molecule has 1 aromatic carbocycles. The van der Waals surface area contributed by atoms with Gasteiger partial charge in [0.05, 0.1) is 28.5 Å². The van der Waals surface area contributed by atoms with Crippen LogP contribution < -0.4 is 10.9 Å². The first-order valence-electron chi connectivity index (χ1n) is 5.29. The molecule has 18 heavy (non-hydrogen) atoms. The zero-order valence-corrected chi connectivity index (χ0v) is 11.2. The molecule has 0 radical (unpaired) electrons. The number of halogens is 2. The molecular formula is C12H11Cl2N3O. The molecule has 1 heterocycles. The van der Waals surface area contributed by atoms with Gasteiger partial charge < -0.3 is 5.32 Å². The third-order valence-electron chi connectivity index (χ3n) is 2.51. The molecule has 0 saturated heterocycles. The lowest BCUT2D eigenvalue weighted by Gasteiger charge is -2.08. The van der Waals surface area contributed by atoms with E-state index in [9.17, 15) is 4.79 Å². The van der Waals surface area contributed by atoms with E-state index >= 15 is 0 Å². The maximum Gasteiger partial charge on any atom is 0.269 e. The van der Waals surface area contributed by atoms with Crippen molar-refractivity contribution in [3.05, 3.63) is 56.4 Å². The molecule has 0 spiro atoms. The van der Waals surface area contributed by atoms with Gasteiger partial charge in [0.25, 0.3) is 5.56 Å². The summed E-state index contributed by atoms with van der Waals surface area (Å²) in [7, 11) is 1.73. The van der Waals surface area contributed by atoms with Crippen molar-refractivity contribution in [2.75, 3.05) is 12.4 Å². The summed E-state index contributed by atoms with van der Waals surface area (Å²) in [5.41, 5.74) is 1.24. The fraction of sp³-hybridized carbons (Fsp3) is 0.167. The maximum atomic E-state index is 11.8. The molecule has 0 aliphatic rings. The highest BCUT2D eigenvalue weighted by Crippen LogP contribution is 2.25. The minimum absolute atomic E-state index is 0.196. The van der Waals surface area contributed by atoms with E-state index < -0.39 is 0 Å². The van der Waals surface area contributed by atoms with Crippen LogP contribution in [0.15, 0.2) is 35.3 Å². The van der Waals surface area contributed by atoms with Gasteiger partial charge in [-0.05, 0) is 11.6 Å². The van der Waals surface area contributed by atoms with Crippen molar-refractivity contribution in [1.29, 1.82) is 0 Å². The first kappa shape index (κ1) is 12.9. The summed E-state index contributed by atoms with van der Waals surface area (Å²) in [4.78, 5) is 11.8. The number of hydrogen-bond acceptors (Lipinski definition) is 3. The van der Waals surface area contributed by atoms with Gasteiger partial charge in [-0.2, -0.15) is 5.10 Å². The van der Waals surface area contributed by atoms with Crippen LogP contribution in [0.3, 0.4) is 0 Å². The molecule has 0 aliphatic heterocycles. The summed E-state index contributed by atoms with van der Waals surface area (Å²) in [5, 5.41) is 7.83. The number of rotatable bonds is 3. The van der Waals surface area contributed by atoms with Crippen LogP contribution in [0.5, 0.6) is 0 Å². The lowest BCUT2D eigenvalue weighted by atomic mass is 10.2. The van der Waals surface area contributed by atoms with Gasteiger partial charge in [-0.3, -0.25) is 4.79 Å². The standard InChI is InChI=1S/C12H11Cl2N3O/c1-15-9-5-11(18)17(16-6-9)7-8-3-2-4-10(13)12(8)14/h2-6,15H,7H2,1H3. The van der Waals surface area contributed by atoms with Gasteiger partial charge in [-0.1, -0.05) is 35.3 Å². The fourth-order valence-corrected chi connectivity index (χ4v) is 1.90. The van der Waals surface area contributed by atoms with Crippen LogP contribution in [0.25, 0.3) is 0 Å². The van der Waals surface area contributed by atoms with Gasteiger partial charge in [-0.15, -0.1) is 0 Å². The summed E-state index contributed by atoms with van der Waals surface area (Å²) >= 11 is 12.0. The Hall–Kier alpha value is -1.52. The van der Waals surface area contributed by atoms with Crippen molar-refractivity contribution < 1.29 is 0 Å². The topological polar surface area (TPSA) is 46.9 Å². The molecule has 0 bridgehead atoms. The van der Waals surface area contributed by atoms with E-state index in [2.05, 4.69) is 10.4 Å². The van der Waals surface area contributed by atoms with Crippen LogP contribution in [0, 0.1) is 0 Å². The van der Waals surface area contributed by atoms with Crippen molar-refractivity contribution in [3.8, 4) is 0 Å². The summed E-state index contributed by atoms with van der Waals surface area (Å²) in [6.45, 7) is 0.294. The van der Waals surface area contributed by atoms with E-state index in [1.807, 2.05) is 6.07 Å². The third kappa shape index (κ3) is 2.66. The molecule has 1 aromatic heterocycles. The summed E-state index contributed by atoms with van der Waals surface area (Å²) in [6.07, 6.45) is 1.58. The molecule has 6 heteroatoms. The molecule has 0 saturated carbocycles. The number of benzene rings is 1. The average molecular weight is 284 g/mol. The molecule has 0 unspecified atom stereocenters. The predicted molar refractivity (Wildman–Crippen MR) is 73.6 cm³/mol. The van der Waals surface area contributed by atoms with Gasteiger partial charge >= 0.3 is 0 Å². The molecular weight excluding hydrogens is 273 g/mol. The van der Waals surface area contributed by atoms with E-state index in [4.69, 9.17) is 23.2 Å². The summed E-state index contributed by atoms with van der Waals surface area (Å²) < 4.78 is 1.33. The minimum Gasteiger partial charge on any atom is -0.387 e. The largest absolute Gasteiger partial charge is 0.387 e. The van der Waals surface area contributed by atoms with Gasteiger partial charge in [-0.25, -0.2) is 4.68 Å². The number of nitrogens with one attached hydrogen (secondary N) is 1. The van der Waals surface area contributed by atoms with Gasteiger partial charge in [0.1, 0.15) is 0 Å². The second-order valence-corrected chi connectivity index (χ2v) is 4.49. The van der Waals surface area contributed by atoms with Crippen LogP contribution in [0.1, 0.15) is 5.56 Å². The molecule has 2 aromatic rings. The van der Waals surface area contributed by atoms with Crippen molar-refractivity contribution in [2.24, 2.45) is 0 Å². The zero-order chi connectivity index (χ0) is 13.1. The van der Waals surface area contributed by atoms with Gasteiger partial charge in [0.15, 0.2) is 0 Å². The van der Waals surface area contributed by atoms with E-state index in [0.717, 1.165) is 5.56 Å². The first-order valence-corrected chi connectivity index (χ1v) is 6.05. The molecule has 0 fully saturated rings. The second-order valence-electron chi connectivity index (χ2n) is 3.70. The van der Waals surface area contributed by atoms with E-state index in [1.165, 1.54) is 10.7 Å². The zero-order valence-electron chi connectivity index (χ0n) is 9.65. The van der Waals surface area contributed by atoms with Crippen LogP contribution >= 0.6 is 23.2 Å². The van der Waals surface area contributed by atoms with E-state index in [1.54, 1.807) is 25.4 Å². The highest BCUT2D eigenvalue weighted by atomic mass is 35.5. The Morgan fingerprint density at radius 1 is 1.39 bits per heavy atom. The van der Waals surface area contributed by atoms with Crippen molar-refractivity contribution in [1.82, 2.24) is 9.78 Å². The highest BCUT2D eigenvalue weighted by Gasteiger charge is 2.06. The highest BCUT2D eigenvalue weighted by molar-refractivity contribution is 6.42. The first-order chi connectivity index (χ1) is 8.61. The summed E-state index contributed by atoms with van der Waals surface area (Å²) in [5.74, 6) is 0. The Morgan fingerprint density at radius 3 is 2.83 bits per heavy atom. The number of nitrogens with zero attached hydrogens (tertiary/aromatic N) is 2. The molecule has 1 N–H and O–H groups in total. The molecule has 94 valence electrons. The van der Waals surface area contributed by atoms with Crippen LogP contribution in [-0.4, -0.2) is 16.8 Å². The monoisotopic (exact) mass is 283 g/mol. The Labute approximate surface area is 114 Å². The van der Waals surface area contributed by atoms with Crippen molar-refractivity contribution in [2.45, 2.75) is 6.54 Å². The van der Waals surface area contributed by atoms with Gasteiger partial charge in [0, 0.05) is 13.1 Å². The lowest BCUT2D eigenvalue weighted by molar-refractivity contribution is 0.640. The van der Waals surface area contributed by atoms with Crippen molar-refractivity contribution >= 4 is 28.9 Å². The SMILES string of the molecule is CNc1cnn(Cc2cccc(Cl)c2Cl)c(=O)c1. The van der Waals surface area contributed by atoms with Crippen molar-refractivity contribution in [3.63, 3.8) is 0 Å². The van der Waals surface area contributed by atoms with E-state index in [-0.39, 0.29) is 5.56 Å². The Bertz CT molecular complexity index is 625. The molecule has 0 aliphatic carbocycles. The Balaban J connectivity index is 2.35. The molecule has 4 nitrogen and oxygen atoms in total. The number of hydrogen-bond donors (Lipinski definition) is 1. The predicted octanol–water partition coefficient (Wildman–Crippen LogP) is 2.64. The summed E-state index contributed by atoms with van der Waals surface area (Å²) in [6, 6.07) is 6.78. The third-order valence-corrected chi connectivity index (χ3v) is 3.37. The quantitative estimate of drug-likeness (QED) is 0.942. The lowest BCUT2D eigenvalue weighted by Crippen LogP contribution is -2.23. The van der Waals surface area contributed by atoms with Gasteiger partial charge in [0.2, 0.25) is 0 Å². The van der Waals surface area contributed by atoms with Crippen LogP contribution in [-0.2, 0) is 6.54 Å². The Morgan fingerprint density at radius 2 is 2.17 bits per heavy atom. The smallest absolute Gasteiger partial charge is 0.269 e. The average Bonchev–Trinajstić information content (AvgIpc) is 2.37. The van der Waals surface area contributed by atoms with Crippen LogP contribution in [0.4, 0.5) is 5.69 Å².